The third-order valence-electron chi connectivity index (χ3n) is 7.91. The number of urea groups is 1. The van der Waals surface area contributed by atoms with Crippen LogP contribution in [0.25, 0.3) is 0 Å². The molecule has 4 amide bonds. The maximum Gasteiger partial charge on any atom is 0.352 e. The van der Waals surface area contributed by atoms with Gasteiger partial charge in [-0.15, -0.1) is 21.1 Å². The van der Waals surface area contributed by atoms with Gasteiger partial charge in [0.15, 0.2) is 23.2 Å². The van der Waals surface area contributed by atoms with Crippen LogP contribution in [0.2, 0.25) is 0 Å². The maximum absolute atomic E-state index is 13.5. The van der Waals surface area contributed by atoms with E-state index in [2.05, 4.69) is 30.5 Å². The molecule has 3 aliphatic rings. The number of carboxylic acids is 2. The summed E-state index contributed by atoms with van der Waals surface area (Å²) in [5.41, 5.74) is 15.4. The molecule has 0 unspecified atom stereocenters. The highest BCUT2D eigenvalue weighted by atomic mass is 32.2. The van der Waals surface area contributed by atoms with E-state index in [1.54, 1.807) is 10.9 Å². The Kier molecular flexibility index (Phi) is 10.8. The van der Waals surface area contributed by atoms with Crippen LogP contribution in [0, 0.1) is 0 Å². The van der Waals surface area contributed by atoms with Gasteiger partial charge >= 0.3 is 18.0 Å². The summed E-state index contributed by atoms with van der Waals surface area (Å²) in [7, 11) is 0. The Morgan fingerprint density at radius 3 is 2.58 bits per heavy atom. The number of nitrogen functional groups attached to an aromatic ring is 1. The second-order valence-corrected chi connectivity index (χ2v) is 13.7. The standard InChI is InChI=1S/C27H37N13O8S2/c1-27(2,24(45)46)48-35-15(18-34-25(30)50-36-18)20(41)33-16-21(42)40-17(23(43)44)13(12-49-22(16)40)10-38-11-14(19-31-6-3-7-39(19)38)32-26(47)37(8-4-28)9-5-29/h11,16,22H,3-10,12,28-29H2,1-2H3,(H6,30,32,33,34,36,41,43,44,45,46,47)/p+1/b35-15-/t16-,22-/m1/s1. The molecule has 0 aliphatic carbocycles. The minimum absolute atomic E-state index is 0.00283. The molecular formula is C27H38N13O8S2+. The topological polar surface area (TPSA) is 303 Å². The largest absolute Gasteiger partial charge is 0.478 e. The van der Waals surface area contributed by atoms with Crippen LogP contribution in [0.1, 0.15) is 26.1 Å². The highest BCUT2D eigenvalue weighted by Gasteiger charge is 2.55. The smallest absolute Gasteiger partial charge is 0.352 e. The molecule has 21 nitrogen and oxygen atoms in total. The quantitative estimate of drug-likeness (QED) is 0.0442. The number of β-lactam (4-membered cyclic amide) rings is 1. The van der Waals surface area contributed by atoms with Gasteiger partial charge in [0.2, 0.25) is 23.3 Å². The van der Waals surface area contributed by atoms with E-state index in [9.17, 15) is 34.2 Å². The zero-order chi connectivity index (χ0) is 36.3. The van der Waals surface area contributed by atoms with Gasteiger partial charge in [-0.3, -0.25) is 19.8 Å². The summed E-state index contributed by atoms with van der Waals surface area (Å²) >= 11 is 2.01. The average Bonchev–Trinajstić information content (AvgIpc) is 3.65. The number of carboxylic acid groups (broad SMARTS) is 2. The van der Waals surface area contributed by atoms with Crippen molar-refractivity contribution < 1.29 is 43.7 Å². The molecule has 5 heterocycles. The first-order chi connectivity index (χ1) is 23.8. The van der Waals surface area contributed by atoms with Crippen molar-refractivity contribution in [3.63, 3.8) is 0 Å². The molecule has 270 valence electrons. The van der Waals surface area contributed by atoms with Crippen molar-refractivity contribution in [1.29, 1.82) is 0 Å². The van der Waals surface area contributed by atoms with E-state index in [1.807, 2.05) is 4.68 Å². The predicted molar refractivity (Wildman–Crippen MR) is 180 cm³/mol. The van der Waals surface area contributed by atoms with E-state index in [0.717, 1.165) is 22.9 Å². The molecule has 0 radical (unpaired) electrons. The van der Waals surface area contributed by atoms with E-state index in [1.165, 1.54) is 30.5 Å². The summed E-state index contributed by atoms with van der Waals surface area (Å²) in [6.45, 7) is 4.93. The molecule has 2 atom stereocenters. The number of anilines is 3. The molecule has 5 rings (SSSR count). The zero-order valence-electron chi connectivity index (χ0n) is 27.1. The molecule has 2 aromatic heterocycles. The van der Waals surface area contributed by atoms with Gasteiger partial charge in [-0.1, -0.05) is 5.16 Å². The van der Waals surface area contributed by atoms with Crippen molar-refractivity contribution in [3.8, 4) is 0 Å². The fraction of sp³-hybridized carbons (Fsp3) is 0.519. The number of fused-ring (bicyclic) bond motifs is 2. The van der Waals surface area contributed by atoms with Crippen molar-refractivity contribution in [1.82, 2.24) is 29.2 Å². The Balaban J connectivity index is 1.36. The van der Waals surface area contributed by atoms with Crippen molar-refractivity contribution in [2.24, 2.45) is 16.6 Å². The highest BCUT2D eigenvalue weighted by molar-refractivity contribution is 8.00. The molecule has 3 aliphatic heterocycles. The van der Waals surface area contributed by atoms with Gasteiger partial charge in [0.25, 0.3) is 11.8 Å². The van der Waals surface area contributed by atoms with Gasteiger partial charge in [-0.2, -0.15) is 9.36 Å². The van der Waals surface area contributed by atoms with Crippen LogP contribution < -0.4 is 37.8 Å². The molecule has 0 aromatic carbocycles. The summed E-state index contributed by atoms with van der Waals surface area (Å²) < 4.78 is 7.63. The van der Waals surface area contributed by atoms with E-state index < -0.39 is 46.5 Å². The lowest BCUT2D eigenvalue weighted by Crippen LogP contribution is -2.71. The molecular weight excluding hydrogens is 699 g/mol. The van der Waals surface area contributed by atoms with Crippen LogP contribution in [0.4, 0.5) is 21.4 Å². The Morgan fingerprint density at radius 1 is 1.24 bits per heavy atom. The number of nitrogens with one attached hydrogen (secondary N) is 3. The van der Waals surface area contributed by atoms with Gasteiger partial charge < -0.3 is 47.8 Å². The summed E-state index contributed by atoms with van der Waals surface area (Å²) in [4.78, 5) is 75.6. The number of aliphatic carboxylic acids is 2. The number of hydrogen-bond donors (Lipinski definition) is 8. The molecule has 50 heavy (non-hydrogen) atoms. The van der Waals surface area contributed by atoms with Crippen LogP contribution in [-0.2, 0) is 37.1 Å². The lowest BCUT2D eigenvalue weighted by molar-refractivity contribution is -0.767. The fourth-order valence-electron chi connectivity index (χ4n) is 5.38. The van der Waals surface area contributed by atoms with E-state index in [0.29, 0.717) is 43.3 Å². The maximum atomic E-state index is 13.5. The molecule has 1 saturated heterocycles. The summed E-state index contributed by atoms with van der Waals surface area (Å²) in [5, 5.41) is 31.3. The van der Waals surface area contributed by atoms with Crippen LogP contribution in [0.5, 0.6) is 0 Å². The fourth-order valence-corrected chi connectivity index (χ4v) is 7.15. The second-order valence-electron chi connectivity index (χ2n) is 11.8. The van der Waals surface area contributed by atoms with Crippen molar-refractivity contribution in [2.75, 3.05) is 54.8 Å². The Hall–Kier alpha value is -5.00. The third kappa shape index (κ3) is 7.29. The van der Waals surface area contributed by atoms with Crippen molar-refractivity contribution in [2.45, 2.75) is 50.4 Å². The highest BCUT2D eigenvalue weighted by Crippen LogP contribution is 2.40. The van der Waals surface area contributed by atoms with Crippen molar-refractivity contribution in [3.05, 3.63) is 23.3 Å². The number of carbonyl (C=O) groups is 5. The van der Waals surface area contributed by atoms with Crippen LogP contribution >= 0.6 is 23.3 Å². The molecule has 0 bridgehead atoms. The van der Waals surface area contributed by atoms with Gasteiger partial charge in [0, 0.05) is 55.6 Å². The number of oxime groups is 1. The first-order valence-electron chi connectivity index (χ1n) is 15.4. The summed E-state index contributed by atoms with van der Waals surface area (Å²) in [5.74, 6) is -3.71. The molecule has 11 N–H and O–H groups in total. The molecule has 0 saturated carbocycles. The second kappa shape index (κ2) is 14.9. The number of nitrogens with two attached hydrogens (primary N) is 3. The molecule has 0 spiro atoms. The first kappa shape index (κ1) is 36.3. The number of rotatable bonds is 14. The number of hydrogen-bond acceptors (Lipinski definition) is 15. The third-order valence-corrected chi connectivity index (χ3v) is 9.79. The average molecular weight is 737 g/mol. The van der Waals surface area contributed by atoms with Gasteiger partial charge in [-0.25, -0.2) is 14.4 Å². The number of carbonyl (C=O) groups excluding carboxylic acids is 3. The van der Waals surface area contributed by atoms with Gasteiger partial charge in [-0.05, 0) is 20.3 Å². The van der Waals surface area contributed by atoms with Crippen LogP contribution in [-0.4, -0.2) is 125 Å². The minimum atomic E-state index is -1.82. The summed E-state index contributed by atoms with van der Waals surface area (Å²) in [6.07, 6.45) is 2.48. The number of aromatic nitrogens is 4. The Labute approximate surface area is 293 Å². The lowest BCUT2D eigenvalue weighted by atomic mass is 10.0. The SMILES string of the molecule is CC(C)(O/N=C(\C(=O)N[C@@H]1C(=O)N2C(C(=O)O)=C(C[n+]3cc(NC(=O)N(CCN)CCN)c4n3CCCN4)CS[C@H]12)c1nsc(N)n1)C(=O)O. The summed E-state index contributed by atoms with van der Waals surface area (Å²) in [6, 6.07) is -1.53. The number of thioether (sulfide) groups is 1. The molecule has 2 aromatic rings. The minimum Gasteiger partial charge on any atom is -0.478 e. The van der Waals surface area contributed by atoms with Crippen LogP contribution in [0.15, 0.2) is 22.6 Å². The van der Waals surface area contributed by atoms with E-state index in [4.69, 9.17) is 22.0 Å². The normalized spacial score (nSPS) is 18.8. The predicted octanol–water partition coefficient (Wildman–Crippen LogP) is -2.20. The van der Waals surface area contributed by atoms with E-state index in [-0.39, 0.29) is 48.1 Å². The Bertz CT molecular complexity index is 1750. The van der Waals surface area contributed by atoms with Gasteiger partial charge in [0.1, 0.15) is 17.1 Å². The molecule has 23 heteroatoms. The lowest BCUT2D eigenvalue weighted by Gasteiger charge is -2.49. The zero-order valence-corrected chi connectivity index (χ0v) is 28.8. The molecule has 1 fully saturated rings. The number of nitrogens with zero attached hydrogens (tertiary/aromatic N) is 7. The monoisotopic (exact) mass is 736 g/mol. The van der Waals surface area contributed by atoms with E-state index >= 15 is 0 Å². The Morgan fingerprint density at radius 2 is 1.96 bits per heavy atom. The first-order valence-corrected chi connectivity index (χ1v) is 17.2. The van der Waals surface area contributed by atoms with Crippen LogP contribution in [0.3, 0.4) is 0 Å². The van der Waals surface area contributed by atoms with Crippen molar-refractivity contribution >= 4 is 75.4 Å². The number of amides is 4. The van der Waals surface area contributed by atoms with Gasteiger partial charge in [0.05, 0.1) is 6.54 Å².